The fourth-order valence-electron chi connectivity index (χ4n) is 8.09. The second kappa shape index (κ2) is 14.2. The zero-order valence-corrected chi connectivity index (χ0v) is 26.1. The molecule has 1 aliphatic carbocycles. The molecule has 3 aliphatic heterocycles. The summed E-state index contributed by atoms with van der Waals surface area (Å²) < 4.78 is 20.7. The number of benzene rings is 2. The molecule has 3 heterocycles. The normalized spacial score (nSPS) is 24.6. The van der Waals surface area contributed by atoms with Crippen molar-refractivity contribution in [2.24, 2.45) is 11.8 Å². The third-order valence-electron chi connectivity index (χ3n) is 10.3. The number of hydrogen-bond donors (Lipinski definition) is 0. The van der Waals surface area contributed by atoms with Gasteiger partial charge in [-0.25, -0.2) is 4.79 Å². The second-order valence-corrected chi connectivity index (χ2v) is 13.4. The van der Waals surface area contributed by atoms with E-state index in [2.05, 4.69) is 0 Å². The molecule has 1 spiro atoms. The standard InChI is InChI=1S/C35H46NO5.CH2O2/c1-25(2)22-32(37)40-33(26-12-11-13-26)41-35(27-14-5-3-6-15-27,28-16-7-4-8-17-28)34(38)39-31-23-29-18-19-30(24-31)36(29)20-9-10-21-36;2-1-3/h3-8,14-17,25-26,29-31,33H,9-13,18-24H2,1-2H3;1H,(H,2,3)/q+1;/p-1. The van der Waals surface area contributed by atoms with Crippen LogP contribution < -0.4 is 5.11 Å². The Kier molecular flexibility index (Phi) is 10.4. The fraction of sp³-hybridized carbons (Fsp3) is 0.583. The van der Waals surface area contributed by atoms with Gasteiger partial charge in [-0.1, -0.05) is 80.9 Å². The Morgan fingerprint density at radius 3 is 1.86 bits per heavy atom. The Labute approximate surface area is 261 Å². The molecule has 4 fully saturated rings. The average molecular weight is 606 g/mol. The summed E-state index contributed by atoms with van der Waals surface area (Å²) in [5, 5.41) is 8.25. The van der Waals surface area contributed by atoms with Gasteiger partial charge in [-0.3, -0.25) is 4.79 Å². The number of nitrogens with zero attached hydrogens (tertiary/aromatic N) is 1. The highest BCUT2D eigenvalue weighted by Crippen LogP contribution is 2.47. The third kappa shape index (κ3) is 6.57. The van der Waals surface area contributed by atoms with Gasteiger partial charge in [0.15, 0.2) is 0 Å². The average Bonchev–Trinajstić information content (AvgIpc) is 3.52. The first kappa shape index (κ1) is 32.2. The van der Waals surface area contributed by atoms with E-state index in [-0.39, 0.29) is 23.9 Å². The molecular formula is C36H47NO7. The summed E-state index contributed by atoms with van der Waals surface area (Å²) in [6.07, 6.45) is 9.13. The largest absolute Gasteiger partial charge is 0.554 e. The molecule has 6 rings (SSSR count). The van der Waals surface area contributed by atoms with Crippen molar-refractivity contribution in [1.29, 1.82) is 0 Å². The minimum absolute atomic E-state index is 0.0516. The van der Waals surface area contributed by atoms with E-state index in [0.29, 0.717) is 29.6 Å². The predicted molar refractivity (Wildman–Crippen MR) is 163 cm³/mol. The van der Waals surface area contributed by atoms with Crippen LogP contribution in [-0.4, -0.2) is 60.5 Å². The Morgan fingerprint density at radius 2 is 1.41 bits per heavy atom. The number of rotatable bonds is 10. The van der Waals surface area contributed by atoms with Crippen LogP contribution in [0.4, 0.5) is 0 Å². The topological polar surface area (TPSA) is 102 Å². The lowest BCUT2D eigenvalue weighted by Gasteiger charge is -2.47. The van der Waals surface area contributed by atoms with Gasteiger partial charge in [0.25, 0.3) is 0 Å². The van der Waals surface area contributed by atoms with Crippen molar-refractivity contribution in [2.75, 3.05) is 13.1 Å². The van der Waals surface area contributed by atoms with Crippen molar-refractivity contribution in [2.45, 2.75) is 108 Å². The molecule has 238 valence electrons. The van der Waals surface area contributed by atoms with Crippen LogP contribution in [-0.2, 0) is 34.2 Å². The molecule has 2 aromatic carbocycles. The van der Waals surface area contributed by atoms with Crippen LogP contribution in [0.3, 0.4) is 0 Å². The summed E-state index contributed by atoms with van der Waals surface area (Å²) >= 11 is 0. The summed E-state index contributed by atoms with van der Waals surface area (Å²) in [6, 6.07) is 20.5. The smallest absolute Gasteiger partial charge is 0.348 e. The zero-order valence-electron chi connectivity index (χ0n) is 26.1. The maximum atomic E-state index is 14.7. The van der Waals surface area contributed by atoms with Crippen molar-refractivity contribution in [3.8, 4) is 0 Å². The summed E-state index contributed by atoms with van der Waals surface area (Å²) in [5.74, 6) is -0.469. The lowest BCUT2D eigenvalue weighted by atomic mass is 9.82. The van der Waals surface area contributed by atoms with Gasteiger partial charge in [0.2, 0.25) is 11.9 Å². The van der Waals surface area contributed by atoms with Gasteiger partial charge in [-0.15, -0.1) is 0 Å². The lowest BCUT2D eigenvalue weighted by Crippen LogP contribution is -2.60. The summed E-state index contributed by atoms with van der Waals surface area (Å²) in [7, 11) is 0. The molecule has 0 amide bonds. The molecule has 2 aromatic rings. The monoisotopic (exact) mass is 605 g/mol. The van der Waals surface area contributed by atoms with E-state index >= 15 is 0 Å². The van der Waals surface area contributed by atoms with Crippen LogP contribution in [0.15, 0.2) is 60.7 Å². The maximum Gasteiger partial charge on any atom is 0.348 e. The van der Waals surface area contributed by atoms with Crippen LogP contribution in [0, 0.1) is 11.8 Å². The molecule has 0 aromatic heterocycles. The molecule has 1 saturated carbocycles. The number of piperidine rings is 1. The van der Waals surface area contributed by atoms with Crippen LogP contribution in [0.25, 0.3) is 0 Å². The molecule has 3 saturated heterocycles. The highest BCUT2D eigenvalue weighted by Gasteiger charge is 2.57. The Bertz CT molecular complexity index is 1180. The fourth-order valence-corrected chi connectivity index (χ4v) is 8.09. The minimum Gasteiger partial charge on any atom is -0.554 e. The second-order valence-electron chi connectivity index (χ2n) is 13.4. The van der Waals surface area contributed by atoms with E-state index in [1.54, 1.807) is 0 Å². The number of quaternary nitrogens is 1. The van der Waals surface area contributed by atoms with E-state index in [9.17, 15) is 9.59 Å². The van der Waals surface area contributed by atoms with Crippen molar-refractivity contribution in [3.05, 3.63) is 71.8 Å². The van der Waals surface area contributed by atoms with Crippen LogP contribution >= 0.6 is 0 Å². The lowest BCUT2D eigenvalue weighted by molar-refractivity contribution is -0.956. The molecule has 0 radical (unpaired) electrons. The molecule has 0 N–H and O–H groups in total. The molecule has 44 heavy (non-hydrogen) atoms. The number of hydrogen-bond acceptors (Lipinski definition) is 7. The molecule has 2 bridgehead atoms. The van der Waals surface area contributed by atoms with Crippen molar-refractivity contribution in [3.63, 3.8) is 0 Å². The van der Waals surface area contributed by atoms with E-state index in [1.807, 2.05) is 74.5 Å². The summed E-state index contributed by atoms with van der Waals surface area (Å²) in [4.78, 5) is 35.9. The first-order valence-corrected chi connectivity index (χ1v) is 16.4. The van der Waals surface area contributed by atoms with Crippen molar-refractivity contribution >= 4 is 18.4 Å². The quantitative estimate of drug-likeness (QED) is 0.165. The van der Waals surface area contributed by atoms with Gasteiger partial charge in [0.1, 0.15) is 6.10 Å². The van der Waals surface area contributed by atoms with E-state index in [1.165, 1.54) is 43.3 Å². The van der Waals surface area contributed by atoms with E-state index in [0.717, 1.165) is 32.1 Å². The van der Waals surface area contributed by atoms with E-state index in [4.69, 9.17) is 24.1 Å². The van der Waals surface area contributed by atoms with Crippen LogP contribution in [0.2, 0.25) is 0 Å². The van der Waals surface area contributed by atoms with E-state index < -0.39 is 24.3 Å². The third-order valence-corrected chi connectivity index (χ3v) is 10.3. The van der Waals surface area contributed by atoms with Gasteiger partial charge in [0, 0.05) is 57.3 Å². The van der Waals surface area contributed by atoms with Crippen molar-refractivity contribution < 1.29 is 38.2 Å². The molecule has 8 nitrogen and oxygen atoms in total. The first-order chi connectivity index (χ1) is 21.3. The highest BCUT2D eigenvalue weighted by molar-refractivity contribution is 5.86. The first-order valence-electron chi connectivity index (χ1n) is 16.4. The predicted octanol–water partition coefficient (Wildman–Crippen LogP) is 4.88. The zero-order chi connectivity index (χ0) is 31.2. The van der Waals surface area contributed by atoms with Gasteiger partial charge < -0.3 is 28.6 Å². The summed E-state index contributed by atoms with van der Waals surface area (Å²) in [5.41, 5.74) is -0.151. The van der Waals surface area contributed by atoms with Crippen LogP contribution in [0.5, 0.6) is 0 Å². The molecule has 3 unspecified atom stereocenters. The Balaban J connectivity index is 0.00000123. The van der Waals surface area contributed by atoms with Gasteiger partial charge in [-0.2, -0.15) is 0 Å². The van der Waals surface area contributed by atoms with Crippen molar-refractivity contribution in [1.82, 2.24) is 0 Å². The Hall–Kier alpha value is -3.23. The molecule has 3 atom stereocenters. The van der Waals surface area contributed by atoms with Crippen LogP contribution in [0.1, 0.15) is 89.2 Å². The van der Waals surface area contributed by atoms with Gasteiger partial charge in [0.05, 0.1) is 25.2 Å². The minimum atomic E-state index is -1.54. The number of ether oxygens (including phenoxy) is 3. The molecule has 4 aliphatic rings. The maximum absolute atomic E-state index is 14.7. The number of carbonyl (C=O) groups excluding carboxylic acids is 3. The summed E-state index contributed by atoms with van der Waals surface area (Å²) in [6.45, 7) is 6.06. The molecule has 8 heteroatoms. The van der Waals surface area contributed by atoms with Gasteiger partial charge >= 0.3 is 11.9 Å². The highest BCUT2D eigenvalue weighted by atomic mass is 16.7. The SMILES string of the molecule is CC(C)CC(=O)OC(OC(C(=O)OC1CC2CCC(C1)[N+]21CCCC1)(c1ccccc1)c1ccccc1)C1CCC1.O=C[O-]. The van der Waals surface area contributed by atoms with Gasteiger partial charge in [-0.05, 0) is 29.9 Å². The number of carbonyl (C=O) groups is 3. The number of carboxylic acid groups (broad SMARTS) is 1. The number of esters is 2. The molecular weight excluding hydrogens is 558 g/mol. The Morgan fingerprint density at radius 1 is 0.886 bits per heavy atom.